The summed E-state index contributed by atoms with van der Waals surface area (Å²) in [5.41, 5.74) is 1.34. The largest absolute Gasteiger partial charge is 0.378 e. The monoisotopic (exact) mass is 429 g/mol. The molecule has 31 heavy (non-hydrogen) atoms. The molecule has 7 nitrogen and oxygen atoms in total. The van der Waals surface area contributed by atoms with Crippen LogP contribution in [0.1, 0.15) is 31.7 Å². The van der Waals surface area contributed by atoms with Crippen LogP contribution in [-0.2, 0) is 16.1 Å². The number of ether oxygens (including phenoxy) is 1. The van der Waals surface area contributed by atoms with E-state index in [1.807, 2.05) is 11.9 Å². The minimum atomic E-state index is 0.138. The van der Waals surface area contributed by atoms with Crippen molar-refractivity contribution in [3.05, 3.63) is 35.9 Å². The van der Waals surface area contributed by atoms with Crippen molar-refractivity contribution < 1.29 is 9.53 Å². The highest BCUT2D eigenvalue weighted by atomic mass is 16.5. The third-order valence-electron chi connectivity index (χ3n) is 6.55. The Morgan fingerprint density at radius 2 is 1.84 bits per heavy atom. The SMILES string of the molecule is CN=C(NCCC(C)N(C)Cc1ccccc1)N1CCC(C(=O)N2CCOCC2)CC1. The number of guanidine groups is 1. The van der Waals surface area contributed by atoms with E-state index in [0.29, 0.717) is 25.2 Å². The van der Waals surface area contributed by atoms with E-state index in [-0.39, 0.29) is 5.92 Å². The van der Waals surface area contributed by atoms with Crippen molar-refractivity contribution in [2.75, 3.05) is 60.0 Å². The van der Waals surface area contributed by atoms with Gasteiger partial charge in [-0.1, -0.05) is 30.3 Å². The summed E-state index contributed by atoms with van der Waals surface area (Å²) >= 11 is 0. The first-order valence-electron chi connectivity index (χ1n) is 11.6. The Morgan fingerprint density at radius 3 is 2.48 bits per heavy atom. The first-order valence-corrected chi connectivity index (χ1v) is 11.6. The highest BCUT2D eigenvalue weighted by Crippen LogP contribution is 2.20. The molecule has 0 spiro atoms. The van der Waals surface area contributed by atoms with Crippen molar-refractivity contribution in [3.63, 3.8) is 0 Å². The number of nitrogens with zero attached hydrogens (tertiary/aromatic N) is 4. The van der Waals surface area contributed by atoms with Crippen LogP contribution in [0.2, 0.25) is 0 Å². The minimum Gasteiger partial charge on any atom is -0.378 e. The lowest BCUT2D eigenvalue weighted by Gasteiger charge is -2.37. The minimum absolute atomic E-state index is 0.138. The van der Waals surface area contributed by atoms with Crippen LogP contribution in [0.25, 0.3) is 0 Å². The second kappa shape index (κ2) is 12.1. The van der Waals surface area contributed by atoms with Crippen LogP contribution in [0.3, 0.4) is 0 Å². The van der Waals surface area contributed by atoms with E-state index < -0.39 is 0 Å². The molecule has 2 aliphatic heterocycles. The highest BCUT2D eigenvalue weighted by molar-refractivity contribution is 5.81. The lowest BCUT2D eigenvalue weighted by molar-refractivity contribution is -0.140. The molecule has 2 heterocycles. The number of aliphatic imine (C=N–C) groups is 1. The first kappa shape index (κ1) is 23.5. The Morgan fingerprint density at radius 1 is 1.16 bits per heavy atom. The second-order valence-corrected chi connectivity index (χ2v) is 8.71. The van der Waals surface area contributed by atoms with E-state index in [0.717, 1.165) is 64.5 Å². The molecule has 1 aromatic rings. The van der Waals surface area contributed by atoms with E-state index in [9.17, 15) is 4.79 Å². The number of nitrogens with one attached hydrogen (secondary N) is 1. The molecule has 1 amide bonds. The summed E-state index contributed by atoms with van der Waals surface area (Å²) in [5.74, 6) is 1.40. The predicted molar refractivity (Wildman–Crippen MR) is 125 cm³/mol. The van der Waals surface area contributed by atoms with Gasteiger partial charge in [-0.25, -0.2) is 0 Å². The van der Waals surface area contributed by atoms with Gasteiger partial charge in [0.2, 0.25) is 5.91 Å². The average Bonchev–Trinajstić information content (AvgIpc) is 2.82. The molecule has 7 heteroatoms. The third kappa shape index (κ3) is 6.94. The molecular formula is C24H39N5O2. The van der Waals surface area contributed by atoms with Crippen molar-refractivity contribution in [1.29, 1.82) is 0 Å². The van der Waals surface area contributed by atoms with Crippen LogP contribution >= 0.6 is 0 Å². The summed E-state index contributed by atoms with van der Waals surface area (Å²) < 4.78 is 5.37. The van der Waals surface area contributed by atoms with Crippen molar-refractivity contribution in [2.24, 2.45) is 10.9 Å². The van der Waals surface area contributed by atoms with E-state index >= 15 is 0 Å². The summed E-state index contributed by atoms with van der Waals surface area (Å²) in [6.07, 6.45) is 2.84. The Balaban J connectivity index is 1.38. The van der Waals surface area contributed by atoms with E-state index in [4.69, 9.17) is 4.74 Å². The van der Waals surface area contributed by atoms with Gasteiger partial charge in [-0.15, -0.1) is 0 Å². The fraction of sp³-hybridized carbons (Fsp3) is 0.667. The molecule has 1 atom stereocenters. The standard InChI is InChI=1S/C24H39N5O2/c1-20(27(3)19-21-7-5-4-6-8-21)9-12-26-24(25-2)29-13-10-22(11-14-29)23(30)28-15-17-31-18-16-28/h4-8,20,22H,9-19H2,1-3H3,(H,25,26). The van der Waals surface area contributed by atoms with Gasteiger partial charge in [0.1, 0.15) is 0 Å². The van der Waals surface area contributed by atoms with Crippen LogP contribution in [-0.4, -0.2) is 92.6 Å². The summed E-state index contributed by atoms with van der Waals surface area (Å²) in [7, 11) is 4.03. The molecule has 2 aliphatic rings. The molecule has 2 fully saturated rings. The molecule has 172 valence electrons. The molecule has 2 saturated heterocycles. The zero-order chi connectivity index (χ0) is 22.1. The van der Waals surface area contributed by atoms with Gasteiger partial charge in [-0.05, 0) is 38.8 Å². The van der Waals surface area contributed by atoms with Crippen LogP contribution < -0.4 is 5.32 Å². The molecule has 1 N–H and O–H groups in total. The summed E-state index contributed by atoms with van der Waals surface area (Å²) in [4.78, 5) is 23.9. The molecule has 0 aliphatic carbocycles. The number of carbonyl (C=O) groups is 1. The normalized spacial score (nSPS) is 19.5. The third-order valence-corrected chi connectivity index (χ3v) is 6.55. The van der Waals surface area contributed by atoms with E-state index in [2.05, 4.69) is 64.4 Å². The fourth-order valence-corrected chi connectivity index (χ4v) is 4.35. The number of carbonyl (C=O) groups excluding carboxylic acids is 1. The van der Waals surface area contributed by atoms with Crippen LogP contribution in [0.15, 0.2) is 35.3 Å². The van der Waals surface area contributed by atoms with Crippen molar-refractivity contribution >= 4 is 11.9 Å². The zero-order valence-electron chi connectivity index (χ0n) is 19.4. The number of hydrogen-bond acceptors (Lipinski definition) is 4. The second-order valence-electron chi connectivity index (χ2n) is 8.71. The van der Waals surface area contributed by atoms with Gasteiger partial charge >= 0.3 is 0 Å². The number of rotatable bonds is 7. The van der Waals surface area contributed by atoms with Crippen LogP contribution in [0.4, 0.5) is 0 Å². The lowest BCUT2D eigenvalue weighted by atomic mass is 9.95. The van der Waals surface area contributed by atoms with Gasteiger partial charge in [0.25, 0.3) is 0 Å². The topological polar surface area (TPSA) is 60.4 Å². The fourth-order valence-electron chi connectivity index (χ4n) is 4.35. The Bertz CT molecular complexity index is 697. The molecule has 0 bridgehead atoms. The zero-order valence-corrected chi connectivity index (χ0v) is 19.4. The maximum atomic E-state index is 12.7. The van der Waals surface area contributed by atoms with Gasteiger partial charge in [0.05, 0.1) is 13.2 Å². The predicted octanol–water partition coefficient (Wildman–Crippen LogP) is 2.04. The van der Waals surface area contributed by atoms with Gasteiger partial charge in [0.15, 0.2) is 5.96 Å². The molecule has 0 saturated carbocycles. The van der Waals surface area contributed by atoms with Crippen LogP contribution in [0, 0.1) is 5.92 Å². The molecule has 3 rings (SSSR count). The molecular weight excluding hydrogens is 390 g/mol. The number of amides is 1. The maximum absolute atomic E-state index is 12.7. The Hall–Kier alpha value is -2.12. The van der Waals surface area contributed by atoms with Gasteiger partial charge in [0, 0.05) is 58.3 Å². The van der Waals surface area contributed by atoms with Gasteiger partial charge in [-0.2, -0.15) is 0 Å². The number of piperidine rings is 1. The molecule has 1 unspecified atom stereocenters. The van der Waals surface area contributed by atoms with Crippen molar-refractivity contribution in [3.8, 4) is 0 Å². The smallest absolute Gasteiger partial charge is 0.225 e. The summed E-state index contributed by atoms with van der Waals surface area (Å²) in [6.45, 7) is 8.68. The first-order chi connectivity index (χ1) is 15.1. The molecule has 1 aromatic carbocycles. The summed E-state index contributed by atoms with van der Waals surface area (Å²) in [6, 6.07) is 11.1. The maximum Gasteiger partial charge on any atom is 0.225 e. The Labute approximate surface area is 187 Å². The van der Waals surface area contributed by atoms with Gasteiger partial charge < -0.3 is 19.9 Å². The number of hydrogen-bond donors (Lipinski definition) is 1. The highest BCUT2D eigenvalue weighted by Gasteiger charge is 2.30. The Kier molecular flexibility index (Phi) is 9.15. The lowest BCUT2D eigenvalue weighted by Crippen LogP contribution is -2.50. The van der Waals surface area contributed by atoms with Crippen molar-refractivity contribution in [2.45, 2.75) is 38.8 Å². The summed E-state index contributed by atoms with van der Waals surface area (Å²) in [5, 5.41) is 3.53. The number of benzene rings is 1. The van der Waals surface area contributed by atoms with Crippen molar-refractivity contribution in [1.82, 2.24) is 20.0 Å². The van der Waals surface area contributed by atoms with E-state index in [1.165, 1.54) is 5.56 Å². The quantitative estimate of drug-likeness (QED) is 0.531. The molecule has 0 aromatic heterocycles. The van der Waals surface area contributed by atoms with E-state index in [1.54, 1.807) is 0 Å². The molecule has 0 radical (unpaired) electrons. The van der Waals surface area contributed by atoms with Crippen LogP contribution in [0.5, 0.6) is 0 Å². The number of likely N-dealkylation sites (tertiary alicyclic amines) is 1. The average molecular weight is 430 g/mol. The van der Waals surface area contributed by atoms with Gasteiger partial charge in [-0.3, -0.25) is 14.7 Å². The number of morpholine rings is 1.